The molecule has 1 aliphatic heterocycles. The molecule has 1 aromatic heterocycles. The van der Waals surface area contributed by atoms with Gasteiger partial charge in [0.05, 0.1) is 5.69 Å². The number of benzene rings is 1. The first-order chi connectivity index (χ1) is 10.4. The molecule has 2 aromatic rings. The second kappa shape index (κ2) is 5.26. The lowest BCUT2D eigenvalue weighted by atomic mass is 10.0. The van der Waals surface area contributed by atoms with Gasteiger partial charge in [0.25, 0.3) is 5.91 Å². The fourth-order valence-electron chi connectivity index (χ4n) is 2.21. The van der Waals surface area contributed by atoms with Crippen molar-refractivity contribution >= 4 is 17.3 Å². The molecule has 22 heavy (non-hydrogen) atoms. The van der Waals surface area contributed by atoms with Gasteiger partial charge in [-0.15, -0.1) is 0 Å². The third-order valence-corrected chi connectivity index (χ3v) is 3.25. The standard InChI is InChI=1S/C17H18N4O/c1-17(2,3)21-20-15-13-10-12(11-6-8-18-9-7-11)4-5-14(13)19-16(15)22/h4-10,21H,1-3H3,(H,19,20,22). The first-order valence-corrected chi connectivity index (χ1v) is 7.15. The van der Waals surface area contributed by atoms with E-state index in [1.54, 1.807) is 12.4 Å². The summed E-state index contributed by atoms with van der Waals surface area (Å²) in [6.07, 6.45) is 3.50. The number of aromatic nitrogens is 1. The zero-order chi connectivity index (χ0) is 15.7. The van der Waals surface area contributed by atoms with Gasteiger partial charge in [-0.05, 0) is 56.2 Å². The van der Waals surface area contributed by atoms with Gasteiger partial charge in [0.15, 0.2) is 5.71 Å². The van der Waals surface area contributed by atoms with E-state index in [2.05, 4.69) is 20.8 Å². The number of anilines is 1. The number of nitrogens with one attached hydrogen (secondary N) is 2. The number of amides is 1. The lowest BCUT2D eigenvalue weighted by molar-refractivity contribution is -0.110. The molecule has 0 unspecified atom stereocenters. The number of carbonyl (C=O) groups excluding carboxylic acids is 1. The number of rotatable bonds is 2. The molecule has 0 radical (unpaired) electrons. The van der Waals surface area contributed by atoms with Gasteiger partial charge in [-0.2, -0.15) is 5.10 Å². The first kappa shape index (κ1) is 14.3. The molecule has 5 heteroatoms. The SMILES string of the molecule is CC(C)(C)NN=C1C(=O)Nc2ccc(-c3ccncc3)cc21. The van der Waals surface area contributed by atoms with Crippen LogP contribution in [0.2, 0.25) is 0 Å². The number of carbonyl (C=O) groups is 1. The Bertz CT molecular complexity index is 745. The summed E-state index contributed by atoms with van der Waals surface area (Å²) < 4.78 is 0. The Hall–Kier alpha value is -2.69. The molecular formula is C17H18N4O. The van der Waals surface area contributed by atoms with E-state index in [4.69, 9.17) is 0 Å². The van der Waals surface area contributed by atoms with Crippen LogP contribution in [-0.2, 0) is 4.79 Å². The highest BCUT2D eigenvalue weighted by Gasteiger charge is 2.27. The Labute approximate surface area is 129 Å². The highest BCUT2D eigenvalue weighted by atomic mass is 16.2. The second-order valence-electron chi connectivity index (χ2n) is 6.27. The van der Waals surface area contributed by atoms with E-state index in [0.717, 1.165) is 22.4 Å². The van der Waals surface area contributed by atoms with Crippen molar-refractivity contribution in [2.24, 2.45) is 5.10 Å². The Morgan fingerprint density at radius 2 is 1.82 bits per heavy atom. The molecule has 0 aliphatic carbocycles. The summed E-state index contributed by atoms with van der Waals surface area (Å²) in [5.41, 5.74) is 6.92. The van der Waals surface area contributed by atoms with Crippen LogP contribution in [0.3, 0.4) is 0 Å². The van der Waals surface area contributed by atoms with Crippen molar-refractivity contribution < 1.29 is 4.79 Å². The molecule has 5 nitrogen and oxygen atoms in total. The summed E-state index contributed by atoms with van der Waals surface area (Å²) >= 11 is 0. The second-order valence-corrected chi connectivity index (χ2v) is 6.27. The van der Waals surface area contributed by atoms with Gasteiger partial charge in [0.2, 0.25) is 0 Å². The Morgan fingerprint density at radius 1 is 1.09 bits per heavy atom. The first-order valence-electron chi connectivity index (χ1n) is 7.15. The number of hydrazone groups is 1. The number of hydrogen-bond donors (Lipinski definition) is 2. The van der Waals surface area contributed by atoms with Gasteiger partial charge < -0.3 is 10.7 Å². The van der Waals surface area contributed by atoms with E-state index in [1.807, 2.05) is 51.1 Å². The van der Waals surface area contributed by atoms with Crippen molar-refractivity contribution in [3.05, 3.63) is 48.3 Å². The third kappa shape index (κ3) is 2.83. The Balaban J connectivity index is 2.01. The molecule has 0 atom stereocenters. The topological polar surface area (TPSA) is 66.4 Å². The van der Waals surface area contributed by atoms with Crippen LogP contribution in [0.5, 0.6) is 0 Å². The number of fused-ring (bicyclic) bond motifs is 1. The van der Waals surface area contributed by atoms with Crippen LogP contribution in [0.25, 0.3) is 11.1 Å². The van der Waals surface area contributed by atoms with Crippen LogP contribution in [0.15, 0.2) is 47.8 Å². The van der Waals surface area contributed by atoms with E-state index < -0.39 is 0 Å². The van der Waals surface area contributed by atoms with Crippen molar-refractivity contribution in [1.82, 2.24) is 10.4 Å². The largest absolute Gasteiger partial charge is 0.320 e. The van der Waals surface area contributed by atoms with Crippen LogP contribution >= 0.6 is 0 Å². The van der Waals surface area contributed by atoms with Crippen molar-refractivity contribution in [3.63, 3.8) is 0 Å². The maximum atomic E-state index is 12.1. The summed E-state index contributed by atoms with van der Waals surface area (Å²) in [5.74, 6) is -0.182. The zero-order valence-electron chi connectivity index (χ0n) is 12.8. The van der Waals surface area contributed by atoms with Crippen LogP contribution in [0.4, 0.5) is 5.69 Å². The molecule has 0 fully saturated rings. The average Bonchev–Trinajstić information content (AvgIpc) is 2.80. The van der Waals surface area contributed by atoms with Gasteiger partial charge in [-0.3, -0.25) is 9.78 Å². The predicted molar refractivity (Wildman–Crippen MR) is 87.7 cm³/mol. The molecule has 112 valence electrons. The van der Waals surface area contributed by atoms with E-state index in [1.165, 1.54) is 0 Å². The smallest absolute Gasteiger partial charge is 0.276 e. The molecule has 0 saturated heterocycles. The van der Waals surface area contributed by atoms with E-state index in [0.29, 0.717) is 5.71 Å². The number of pyridine rings is 1. The zero-order valence-corrected chi connectivity index (χ0v) is 12.8. The molecule has 3 rings (SSSR count). The highest BCUT2D eigenvalue weighted by molar-refractivity contribution is 6.53. The Kier molecular flexibility index (Phi) is 3.41. The molecule has 0 spiro atoms. The van der Waals surface area contributed by atoms with Gasteiger partial charge in [-0.25, -0.2) is 0 Å². The number of nitrogens with zero attached hydrogens (tertiary/aromatic N) is 2. The monoisotopic (exact) mass is 294 g/mol. The lowest BCUT2D eigenvalue weighted by Gasteiger charge is -2.17. The highest BCUT2D eigenvalue weighted by Crippen LogP contribution is 2.29. The fourth-order valence-corrected chi connectivity index (χ4v) is 2.21. The van der Waals surface area contributed by atoms with E-state index in [9.17, 15) is 4.79 Å². The van der Waals surface area contributed by atoms with Crippen molar-refractivity contribution in [2.75, 3.05) is 5.32 Å². The molecule has 0 bridgehead atoms. The minimum atomic E-state index is -0.196. The molecule has 2 N–H and O–H groups in total. The number of hydrogen-bond acceptors (Lipinski definition) is 4. The molecule has 1 aromatic carbocycles. The maximum absolute atomic E-state index is 12.1. The summed E-state index contributed by atoms with van der Waals surface area (Å²) in [6, 6.07) is 9.75. The summed E-state index contributed by atoms with van der Waals surface area (Å²) in [5, 5.41) is 7.13. The average molecular weight is 294 g/mol. The maximum Gasteiger partial charge on any atom is 0.276 e. The third-order valence-electron chi connectivity index (χ3n) is 3.25. The van der Waals surface area contributed by atoms with Crippen molar-refractivity contribution in [2.45, 2.75) is 26.3 Å². The van der Waals surface area contributed by atoms with E-state index in [-0.39, 0.29) is 11.4 Å². The predicted octanol–water partition coefficient (Wildman–Crippen LogP) is 2.79. The lowest BCUT2D eigenvalue weighted by Crippen LogP contribution is -2.33. The molecule has 1 aliphatic rings. The minimum Gasteiger partial charge on any atom is -0.320 e. The molecular weight excluding hydrogens is 276 g/mol. The van der Waals surface area contributed by atoms with Crippen molar-refractivity contribution in [3.8, 4) is 11.1 Å². The van der Waals surface area contributed by atoms with Gasteiger partial charge in [0.1, 0.15) is 0 Å². The molecule has 0 saturated carbocycles. The molecule has 2 heterocycles. The van der Waals surface area contributed by atoms with Crippen LogP contribution in [0, 0.1) is 0 Å². The van der Waals surface area contributed by atoms with Gasteiger partial charge >= 0.3 is 0 Å². The fraction of sp³-hybridized carbons (Fsp3) is 0.235. The quantitative estimate of drug-likeness (QED) is 0.837. The van der Waals surface area contributed by atoms with Crippen LogP contribution in [0.1, 0.15) is 26.3 Å². The Morgan fingerprint density at radius 3 is 2.50 bits per heavy atom. The minimum absolute atomic E-state index is 0.182. The van der Waals surface area contributed by atoms with Crippen LogP contribution in [-0.4, -0.2) is 22.1 Å². The summed E-state index contributed by atoms with van der Waals surface area (Å²) in [6.45, 7) is 5.99. The summed E-state index contributed by atoms with van der Waals surface area (Å²) in [4.78, 5) is 16.1. The summed E-state index contributed by atoms with van der Waals surface area (Å²) in [7, 11) is 0. The normalized spacial score (nSPS) is 15.6. The van der Waals surface area contributed by atoms with E-state index >= 15 is 0 Å². The van der Waals surface area contributed by atoms with Gasteiger partial charge in [-0.1, -0.05) is 6.07 Å². The van der Waals surface area contributed by atoms with Crippen LogP contribution < -0.4 is 10.7 Å². The molecule has 1 amide bonds. The van der Waals surface area contributed by atoms with Gasteiger partial charge in [0, 0.05) is 23.5 Å². The van der Waals surface area contributed by atoms with Crippen molar-refractivity contribution in [1.29, 1.82) is 0 Å².